The van der Waals surface area contributed by atoms with Crippen LogP contribution in [0.1, 0.15) is 37.0 Å². The fraction of sp³-hybridized carbons (Fsp3) is 0.474. The van der Waals surface area contributed by atoms with Crippen LogP contribution in [-0.2, 0) is 9.59 Å². The number of aromatic nitrogens is 2. The van der Waals surface area contributed by atoms with Crippen molar-refractivity contribution < 1.29 is 18.8 Å². The molecule has 2 aliphatic heterocycles. The van der Waals surface area contributed by atoms with Gasteiger partial charge in [-0.1, -0.05) is 11.2 Å². The second-order valence-corrected chi connectivity index (χ2v) is 6.98. The zero-order valence-electron chi connectivity index (χ0n) is 15.4. The summed E-state index contributed by atoms with van der Waals surface area (Å²) in [7, 11) is 1.59. The number of aryl methyl sites for hydroxylation is 1. The van der Waals surface area contributed by atoms with E-state index in [1.165, 1.54) is 0 Å². The maximum absolute atomic E-state index is 13.1. The van der Waals surface area contributed by atoms with Gasteiger partial charge in [-0.3, -0.25) is 9.59 Å². The van der Waals surface area contributed by atoms with Crippen LogP contribution >= 0.6 is 0 Å². The van der Waals surface area contributed by atoms with Gasteiger partial charge in [0.25, 0.3) is 0 Å². The number of rotatable bonds is 4. The van der Waals surface area contributed by atoms with Crippen LogP contribution in [0.2, 0.25) is 0 Å². The maximum atomic E-state index is 13.1. The zero-order chi connectivity index (χ0) is 19.0. The van der Waals surface area contributed by atoms with Crippen molar-refractivity contribution in [1.82, 2.24) is 15.0 Å². The lowest BCUT2D eigenvalue weighted by atomic mass is 10.1. The Morgan fingerprint density at radius 3 is 2.96 bits per heavy atom. The average Bonchev–Trinajstić information content (AvgIpc) is 3.40. The number of benzene rings is 1. The number of likely N-dealkylation sites (tertiary alicyclic amines) is 1. The molecule has 2 saturated heterocycles. The summed E-state index contributed by atoms with van der Waals surface area (Å²) < 4.78 is 10.5. The number of hydrogen-bond acceptors (Lipinski definition) is 6. The molecule has 2 amide bonds. The summed E-state index contributed by atoms with van der Waals surface area (Å²) in [5.41, 5.74) is 0.750. The van der Waals surface area contributed by atoms with Crippen LogP contribution in [0.4, 0.5) is 5.69 Å². The van der Waals surface area contributed by atoms with Crippen LogP contribution < -0.4 is 9.64 Å². The summed E-state index contributed by atoms with van der Waals surface area (Å²) in [4.78, 5) is 33.4. The summed E-state index contributed by atoms with van der Waals surface area (Å²) in [5, 5.41) is 3.83. The standard InChI is InChI=1S/C19H22N4O4/c1-12-20-18(27-21-12)16-7-4-8-22(16)19(25)13-9-17(24)23(11-13)14-5-3-6-15(10-14)26-2/h3,5-6,10,13,16H,4,7-9,11H2,1-2H3. The van der Waals surface area contributed by atoms with Gasteiger partial charge in [-0.05, 0) is 31.9 Å². The molecule has 1 aromatic heterocycles. The van der Waals surface area contributed by atoms with Gasteiger partial charge in [0, 0.05) is 31.3 Å². The first kappa shape index (κ1) is 17.5. The van der Waals surface area contributed by atoms with Crippen molar-refractivity contribution in [3.8, 4) is 5.75 Å². The lowest BCUT2D eigenvalue weighted by Crippen LogP contribution is -2.37. The fourth-order valence-electron chi connectivity index (χ4n) is 3.87. The van der Waals surface area contributed by atoms with Crippen molar-refractivity contribution in [1.29, 1.82) is 0 Å². The molecular formula is C19H22N4O4. The minimum atomic E-state index is -0.367. The van der Waals surface area contributed by atoms with E-state index in [1.54, 1.807) is 23.8 Å². The smallest absolute Gasteiger partial charge is 0.249 e. The Bertz CT molecular complexity index is 865. The largest absolute Gasteiger partial charge is 0.497 e. The van der Waals surface area contributed by atoms with E-state index in [2.05, 4.69) is 10.1 Å². The Balaban J connectivity index is 1.50. The number of methoxy groups -OCH3 is 1. The Morgan fingerprint density at radius 2 is 2.22 bits per heavy atom. The highest BCUT2D eigenvalue weighted by atomic mass is 16.5. The first-order valence-electron chi connectivity index (χ1n) is 9.12. The van der Waals surface area contributed by atoms with Gasteiger partial charge in [0.2, 0.25) is 17.7 Å². The van der Waals surface area contributed by atoms with Crippen molar-refractivity contribution in [3.05, 3.63) is 36.0 Å². The van der Waals surface area contributed by atoms with Crippen LogP contribution in [0.5, 0.6) is 5.75 Å². The number of carbonyl (C=O) groups excluding carboxylic acids is 2. The number of anilines is 1. The summed E-state index contributed by atoms with van der Waals surface area (Å²) in [6, 6.07) is 7.14. The van der Waals surface area contributed by atoms with Crippen LogP contribution in [-0.4, -0.2) is 47.1 Å². The Kier molecular flexibility index (Phi) is 4.55. The second kappa shape index (κ2) is 7.02. The third-order valence-corrected chi connectivity index (χ3v) is 5.20. The molecular weight excluding hydrogens is 348 g/mol. The van der Waals surface area contributed by atoms with Crippen LogP contribution in [0.25, 0.3) is 0 Å². The topological polar surface area (TPSA) is 88.8 Å². The quantitative estimate of drug-likeness (QED) is 0.819. The molecule has 2 aliphatic rings. The molecule has 0 bridgehead atoms. The van der Waals surface area contributed by atoms with Gasteiger partial charge in [0.1, 0.15) is 11.8 Å². The summed E-state index contributed by atoms with van der Waals surface area (Å²) in [5.74, 6) is 1.28. The highest BCUT2D eigenvalue weighted by molar-refractivity contribution is 6.00. The first-order chi connectivity index (χ1) is 13.1. The van der Waals surface area contributed by atoms with E-state index in [9.17, 15) is 9.59 Å². The van der Waals surface area contributed by atoms with E-state index in [1.807, 2.05) is 24.3 Å². The molecule has 0 radical (unpaired) electrons. The van der Waals surface area contributed by atoms with Crippen molar-refractivity contribution in [3.63, 3.8) is 0 Å². The minimum Gasteiger partial charge on any atom is -0.497 e. The number of carbonyl (C=O) groups is 2. The lowest BCUT2D eigenvalue weighted by molar-refractivity contribution is -0.137. The molecule has 0 saturated carbocycles. The predicted octanol–water partition coefficient (Wildman–Crippen LogP) is 2.10. The molecule has 142 valence electrons. The number of nitrogens with zero attached hydrogens (tertiary/aromatic N) is 4. The monoisotopic (exact) mass is 370 g/mol. The van der Waals surface area contributed by atoms with Crippen LogP contribution in [0, 0.1) is 12.8 Å². The van der Waals surface area contributed by atoms with E-state index in [0.717, 1.165) is 18.5 Å². The van der Waals surface area contributed by atoms with Gasteiger partial charge in [0.05, 0.1) is 13.0 Å². The number of hydrogen-bond donors (Lipinski definition) is 0. The maximum Gasteiger partial charge on any atom is 0.249 e. The van der Waals surface area contributed by atoms with Gasteiger partial charge < -0.3 is 19.1 Å². The molecule has 1 aromatic carbocycles. The molecule has 27 heavy (non-hydrogen) atoms. The van der Waals surface area contributed by atoms with E-state index in [4.69, 9.17) is 9.26 Å². The highest BCUT2D eigenvalue weighted by Crippen LogP contribution is 2.35. The molecule has 8 nitrogen and oxygen atoms in total. The van der Waals surface area contributed by atoms with Crippen LogP contribution in [0.15, 0.2) is 28.8 Å². The first-order valence-corrected chi connectivity index (χ1v) is 9.12. The fourth-order valence-corrected chi connectivity index (χ4v) is 3.87. The van der Waals surface area contributed by atoms with Gasteiger partial charge >= 0.3 is 0 Å². The molecule has 4 rings (SSSR count). The summed E-state index contributed by atoms with van der Waals surface area (Å²) >= 11 is 0. The van der Waals surface area contributed by atoms with E-state index >= 15 is 0 Å². The molecule has 0 aliphatic carbocycles. The van der Waals surface area contributed by atoms with Crippen molar-refractivity contribution in [2.24, 2.45) is 5.92 Å². The Labute approximate surface area is 157 Å². The molecule has 2 fully saturated rings. The van der Waals surface area contributed by atoms with Crippen molar-refractivity contribution >= 4 is 17.5 Å². The molecule has 2 unspecified atom stereocenters. The minimum absolute atomic E-state index is 0.0212. The predicted molar refractivity (Wildman–Crippen MR) is 96.2 cm³/mol. The molecule has 2 atom stereocenters. The van der Waals surface area contributed by atoms with Crippen molar-refractivity contribution in [2.75, 3.05) is 25.1 Å². The highest BCUT2D eigenvalue weighted by Gasteiger charge is 2.42. The molecule has 0 spiro atoms. The molecule has 8 heteroatoms. The summed E-state index contributed by atoms with van der Waals surface area (Å²) in [6.45, 7) is 2.78. The number of amides is 2. The Hall–Kier alpha value is -2.90. The molecule has 3 heterocycles. The van der Waals surface area contributed by atoms with Gasteiger partial charge in [-0.25, -0.2) is 0 Å². The lowest BCUT2D eigenvalue weighted by Gasteiger charge is -2.25. The van der Waals surface area contributed by atoms with E-state index in [-0.39, 0.29) is 30.2 Å². The van der Waals surface area contributed by atoms with Crippen molar-refractivity contribution in [2.45, 2.75) is 32.2 Å². The van der Waals surface area contributed by atoms with Crippen LogP contribution in [0.3, 0.4) is 0 Å². The third kappa shape index (κ3) is 3.27. The number of ether oxygens (including phenoxy) is 1. The average molecular weight is 370 g/mol. The van der Waals surface area contributed by atoms with E-state index < -0.39 is 0 Å². The van der Waals surface area contributed by atoms with E-state index in [0.29, 0.717) is 30.6 Å². The summed E-state index contributed by atoms with van der Waals surface area (Å²) in [6.07, 6.45) is 1.90. The van der Waals surface area contributed by atoms with Gasteiger partial charge in [-0.15, -0.1) is 0 Å². The second-order valence-electron chi connectivity index (χ2n) is 6.98. The molecule has 0 N–H and O–H groups in total. The SMILES string of the molecule is COc1cccc(N2CC(C(=O)N3CCCC3c3nc(C)no3)CC2=O)c1. The zero-order valence-corrected chi connectivity index (χ0v) is 15.4. The van der Waals surface area contributed by atoms with Gasteiger partial charge in [-0.2, -0.15) is 4.98 Å². The Morgan fingerprint density at radius 1 is 1.37 bits per heavy atom. The third-order valence-electron chi connectivity index (χ3n) is 5.20. The van der Waals surface area contributed by atoms with Gasteiger partial charge in [0.15, 0.2) is 5.82 Å². The normalized spacial score (nSPS) is 22.5. The molecule has 2 aromatic rings.